The van der Waals surface area contributed by atoms with Crippen LogP contribution in [0.4, 0.5) is 0 Å². The zero-order valence-electron chi connectivity index (χ0n) is 17.8. The predicted octanol–water partition coefficient (Wildman–Crippen LogP) is 3.27. The van der Waals surface area contributed by atoms with Crippen molar-refractivity contribution in [3.63, 3.8) is 0 Å². The summed E-state index contributed by atoms with van der Waals surface area (Å²) >= 11 is 0. The van der Waals surface area contributed by atoms with E-state index in [1.54, 1.807) is 4.90 Å². The molecule has 0 spiro atoms. The van der Waals surface area contributed by atoms with Crippen LogP contribution >= 0.6 is 0 Å². The molecule has 31 heavy (non-hydrogen) atoms. The Labute approximate surface area is 180 Å². The lowest BCUT2D eigenvalue weighted by Crippen LogP contribution is -2.48. The molecule has 1 fully saturated rings. The highest BCUT2D eigenvalue weighted by molar-refractivity contribution is 7.90. The van der Waals surface area contributed by atoms with Gasteiger partial charge in [0.05, 0.1) is 13.2 Å². The van der Waals surface area contributed by atoms with Crippen molar-refractivity contribution in [3.05, 3.63) is 47.9 Å². The Morgan fingerprint density at radius 1 is 1.23 bits per heavy atom. The highest BCUT2D eigenvalue weighted by atomic mass is 32.2. The molecule has 8 nitrogen and oxygen atoms in total. The molecule has 3 aromatic rings. The van der Waals surface area contributed by atoms with Crippen LogP contribution < -0.4 is 9.47 Å². The summed E-state index contributed by atoms with van der Waals surface area (Å²) in [6.45, 7) is 4.66. The first-order valence-corrected chi connectivity index (χ1v) is 11.8. The first-order chi connectivity index (χ1) is 14.7. The largest absolute Gasteiger partial charge is 0.494 e. The Balaban J connectivity index is 1.64. The van der Waals surface area contributed by atoms with Gasteiger partial charge in [-0.2, -0.15) is 0 Å². The zero-order valence-corrected chi connectivity index (χ0v) is 18.6. The predicted molar refractivity (Wildman–Crippen MR) is 115 cm³/mol. The molecule has 0 saturated carbocycles. The number of fused-ring (bicyclic) bond motifs is 1. The Morgan fingerprint density at radius 3 is 2.61 bits per heavy atom. The fraction of sp³-hybridized carbons (Fsp3) is 0.364. The molecule has 0 atom stereocenters. The van der Waals surface area contributed by atoms with E-state index in [9.17, 15) is 13.2 Å². The molecule has 0 unspecified atom stereocenters. The van der Waals surface area contributed by atoms with Crippen molar-refractivity contribution < 1.29 is 27.1 Å². The first-order valence-electron chi connectivity index (χ1n) is 9.89. The third-order valence-corrected chi connectivity index (χ3v) is 6.38. The van der Waals surface area contributed by atoms with Gasteiger partial charge < -0.3 is 18.8 Å². The van der Waals surface area contributed by atoms with Crippen LogP contribution in [0.3, 0.4) is 0 Å². The number of carbonyl (C=O) groups is 1. The smallest absolute Gasteiger partial charge is 0.261 e. The third kappa shape index (κ3) is 3.97. The average molecular weight is 445 g/mol. The monoisotopic (exact) mass is 444 g/mol. The van der Waals surface area contributed by atoms with E-state index >= 15 is 0 Å². The quantitative estimate of drug-likeness (QED) is 0.575. The number of hydrogen-bond acceptors (Lipinski definition) is 7. The van der Waals surface area contributed by atoms with E-state index < -0.39 is 9.84 Å². The molecule has 164 valence electrons. The van der Waals surface area contributed by atoms with Crippen molar-refractivity contribution in [3.8, 4) is 11.5 Å². The summed E-state index contributed by atoms with van der Waals surface area (Å²) in [6.07, 6.45) is 2.29. The highest BCUT2D eigenvalue weighted by Gasteiger charge is 2.36. The van der Waals surface area contributed by atoms with Gasteiger partial charge in [-0.15, -0.1) is 0 Å². The second-order valence-corrected chi connectivity index (χ2v) is 9.88. The lowest BCUT2D eigenvalue weighted by molar-refractivity contribution is 0.0592. The summed E-state index contributed by atoms with van der Waals surface area (Å²) in [6, 6.07) is 8.74. The molecule has 1 saturated heterocycles. The number of hydrogen-bond donors (Lipinski definition) is 0. The van der Waals surface area contributed by atoms with Crippen molar-refractivity contribution in [1.29, 1.82) is 0 Å². The zero-order chi connectivity index (χ0) is 22.3. The SMILES string of the molecule is COc1c(S(C)(=O)=O)ccc(OC(C)C)c1C(=O)N1CC(c2ccc3ncoc3c2)C1. The molecule has 9 heteroatoms. The van der Waals surface area contributed by atoms with Gasteiger partial charge in [0.2, 0.25) is 0 Å². The van der Waals surface area contributed by atoms with Crippen molar-refractivity contribution in [2.75, 3.05) is 26.5 Å². The van der Waals surface area contributed by atoms with Gasteiger partial charge in [0, 0.05) is 25.3 Å². The van der Waals surface area contributed by atoms with E-state index in [-0.39, 0.29) is 34.1 Å². The van der Waals surface area contributed by atoms with Crippen molar-refractivity contribution in [2.45, 2.75) is 30.8 Å². The fourth-order valence-electron chi connectivity index (χ4n) is 3.73. The van der Waals surface area contributed by atoms with Gasteiger partial charge in [0.1, 0.15) is 21.7 Å². The second kappa shape index (κ2) is 7.88. The van der Waals surface area contributed by atoms with Crippen LogP contribution in [0.5, 0.6) is 11.5 Å². The maximum absolute atomic E-state index is 13.4. The highest BCUT2D eigenvalue weighted by Crippen LogP contribution is 2.39. The van der Waals surface area contributed by atoms with Gasteiger partial charge in [-0.25, -0.2) is 13.4 Å². The topological polar surface area (TPSA) is 98.9 Å². The number of nitrogens with zero attached hydrogens (tertiary/aromatic N) is 2. The molecule has 1 aliphatic rings. The Bertz CT molecular complexity index is 1240. The summed E-state index contributed by atoms with van der Waals surface area (Å²) in [4.78, 5) is 19.1. The van der Waals surface area contributed by atoms with Crippen LogP contribution in [0, 0.1) is 0 Å². The summed E-state index contributed by atoms with van der Waals surface area (Å²) in [5.74, 6) is 0.139. The molecule has 4 rings (SSSR count). The lowest BCUT2D eigenvalue weighted by atomic mass is 9.90. The Hall–Kier alpha value is -3.07. The number of carbonyl (C=O) groups excluding carboxylic acids is 1. The number of oxazole rings is 1. The molecule has 2 aromatic carbocycles. The minimum absolute atomic E-state index is 0.0113. The number of benzene rings is 2. The van der Waals surface area contributed by atoms with Crippen molar-refractivity contribution >= 4 is 26.8 Å². The second-order valence-electron chi connectivity index (χ2n) is 7.90. The molecule has 1 aliphatic heterocycles. The van der Waals surface area contributed by atoms with E-state index in [2.05, 4.69) is 4.98 Å². The van der Waals surface area contributed by atoms with Crippen molar-refractivity contribution in [1.82, 2.24) is 9.88 Å². The number of sulfone groups is 1. The number of ether oxygens (including phenoxy) is 2. The fourth-order valence-corrected chi connectivity index (χ4v) is 4.57. The van der Waals surface area contributed by atoms with Crippen LogP contribution in [0.15, 0.2) is 46.0 Å². The van der Waals surface area contributed by atoms with Crippen LogP contribution in [-0.2, 0) is 9.84 Å². The van der Waals surface area contributed by atoms with Crippen LogP contribution in [-0.4, -0.2) is 56.8 Å². The van der Waals surface area contributed by atoms with Crippen LogP contribution in [0.2, 0.25) is 0 Å². The van der Waals surface area contributed by atoms with Crippen LogP contribution in [0.25, 0.3) is 11.1 Å². The Kier molecular flexibility index (Phi) is 5.38. The van der Waals surface area contributed by atoms with Gasteiger partial charge in [-0.05, 0) is 43.7 Å². The van der Waals surface area contributed by atoms with E-state index in [1.807, 2.05) is 32.0 Å². The summed E-state index contributed by atoms with van der Waals surface area (Å²) in [5, 5.41) is 0. The summed E-state index contributed by atoms with van der Waals surface area (Å²) < 4.78 is 41.0. The first kappa shape index (κ1) is 21.2. The molecule has 0 radical (unpaired) electrons. The Morgan fingerprint density at radius 2 is 1.97 bits per heavy atom. The van der Waals surface area contributed by atoms with Gasteiger partial charge >= 0.3 is 0 Å². The van der Waals surface area contributed by atoms with E-state index in [0.29, 0.717) is 24.4 Å². The summed E-state index contributed by atoms with van der Waals surface area (Å²) in [7, 11) is -2.25. The number of rotatable bonds is 6. The molecular formula is C22H24N2O6S. The number of methoxy groups -OCH3 is 1. The van der Waals surface area contributed by atoms with E-state index in [4.69, 9.17) is 13.9 Å². The van der Waals surface area contributed by atoms with Gasteiger partial charge in [0.15, 0.2) is 27.6 Å². The number of aromatic nitrogens is 1. The third-order valence-electron chi connectivity index (χ3n) is 5.26. The molecule has 1 aromatic heterocycles. The molecule has 0 N–H and O–H groups in total. The van der Waals surface area contributed by atoms with Gasteiger partial charge in [0.25, 0.3) is 5.91 Å². The van der Waals surface area contributed by atoms with E-state index in [1.165, 1.54) is 25.6 Å². The minimum Gasteiger partial charge on any atom is -0.494 e. The number of likely N-dealkylation sites (tertiary alicyclic amines) is 1. The summed E-state index contributed by atoms with van der Waals surface area (Å²) in [5.41, 5.74) is 2.68. The van der Waals surface area contributed by atoms with Crippen LogP contribution in [0.1, 0.15) is 35.7 Å². The normalized spacial score (nSPS) is 14.7. The van der Waals surface area contributed by atoms with Gasteiger partial charge in [-0.3, -0.25) is 4.79 Å². The lowest BCUT2D eigenvalue weighted by Gasteiger charge is -2.40. The number of amides is 1. The van der Waals surface area contributed by atoms with E-state index in [0.717, 1.165) is 17.3 Å². The van der Waals surface area contributed by atoms with Gasteiger partial charge in [-0.1, -0.05) is 6.07 Å². The van der Waals surface area contributed by atoms with Crippen molar-refractivity contribution in [2.24, 2.45) is 0 Å². The molecule has 0 aliphatic carbocycles. The maximum atomic E-state index is 13.4. The maximum Gasteiger partial charge on any atom is 0.261 e. The molecule has 0 bridgehead atoms. The average Bonchev–Trinajstić information content (AvgIpc) is 3.12. The molecule has 2 heterocycles. The standard InChI is InChI=1S/C22H24N2O6S/c1-13(2)30-17-7-8-19(31(4,26)27)21(28-3)20(17)22(25)24-10-15(11-24)14-5-6-16-18(9-14)29-12-23-16/h5-9,12-13,15H,10-11H2,1-4H3. The molecular weight excluding hydrogens is 420 g/mol. The minimum atomic E-state index is -3.60. The molecule has 1 amide bonds.